The summed E-state index contributed by atoms with van der Waals surface area (Å²) in [5, 5.41) is 14.6. The highest BCUT2D eigenvalue weighted by Crippen LogP contribution is 2.49. The molecule has 35 heavy (non-hydrogen) atoms. The summed E-state index contributed by atoms with van der Waals surface area (Å²) in [5.41, 5.74) is 7.02. The number of rotatable bonds is 3. The predicted octanol–water partition coefficient (Wildman–Crippen LogP) is 0.406. The molecule has 0 aromatic rings. The summed E-state index contributed by atoms with van der Waals surface area (Å²) in [6, 6.07) is 1.56. The molecule has 0 aromatic heterocycles. The van der Waals surface area contributed by atoms with E-state index in [9.17, 15) is 4.79 Å². The van der Waals surface area contributed by atoms with Crippen LogP contribution in [-0.4, -0.2) is 103 Å². The molecule has 7 aliphatic rings. The van der Waals surface area contributed by atoms with Crippen LogP contribution in [-0.2, 0) is 4.79 Å². The minimum atomic E-state index is -0.351. The Morgan fingerprint density at radius 3 is 2.66 bits per heavy atom. The summed E-state index contributed by atoms with van der Waals surface area (Å²) in [6.45, 7) is 7.35. The van der Waals surface area contributed by atoms with Crippen LogP contribution in [0.1, 0.15) is 57.8 Å². The third kappa shape index (κ3) is 4.89. The Morgan fingerprint density at radius 1 is 1.06 bits per heavy atom. The summed E-state index contributed by atoms with van der Waals surface area (Å²) in [4.78, 5) is 19.4. The van der Waals surface area contributed by atoms with Crippen molar-refractivity contribution in [3.8, 4) is 0 Å². The minimum absolute atomic E-state index is 0.0683. The number of nitrogens with zero attached hydrogens (tertiary/aromatic N) is 2. The number of hydrogen-bond donors (Lipinski definition) is 5. The van der Waals surface area contributed by atoms with Gasteiger partial charge in [-0.1, -0.05) is 12.8 Å². The first-order chi connectivity index (χ1) is 17.0. The van der Waals surface area contributed by atoms with Gasteiger partial charge >= 0.3 is 0 Å². The second-order valence-electron chi connectivity index (χ2n) is 12.4. The van der Waals surface area contributed by atoms with Crippen LogP contribution in [0.5, 0.6) is 0 Å². The molecule has 6 heterocycles. The molecule has 0 radical (unpaired) electrons. The third-order valence-corrected chi connectivity index (χ3v) is 10.8. The fraction of sp³-hybridized carbons (Fsp3) is 0.962. The first-order valence-corrected chi connectivity index (χ1v) is 14.8. The Labute approximate surface area is 215 Å². The number of hydrogen-bond acceptors (Lipinski definition) is 7. The number of amides is 1. The van der Waals surface area contributed by atoms with Gasteiger partial charge in [-0.3, -0.25) is 15.0 Å². The highest BCUT2D eigenvalue weighted by molar-refractivity contribution is 6.20. The zero-order valence-corrected chi connectivity index (χ0v) is 21.9. The molecule has 4 bridgehead atoms. The Kier molecular flexibility index (Phi) is 7.34. The molecule has 198 valence electrons. The van der Waals surface area contributed by atoms with Crippen LogP contribution in [0.4, 0.5) is 0 Å². The first kappa shape index (κ1) is 24.8. The zero-order valence-electron chi connectivity index (χ0n) is 21.2. The summed E-state index contributed by atoms with van der Waals surface area (Å²) in [6.07, 6.45) is 10.2. The number of fused-ring (bicyclic) bond motifs is 5. The van der Waals surface area contributed by atoms with Gasteiger partial charge in [0.2, 0.25) is 5.91 Å². The average molecular weight is 508 g/mol. The van der Waals surface area contributed by atoms with Crippen molar-refractivity contribution in [1.29, 1.82) is 0 Å². The molecule has 1 saturated carbocycles. The van der Waals surface area contributed by atoms with Crippen molar-refractivity contribution in [3.05, 3.63) is 0 Å². The summed E-state index contributed by atoms with van der Waals surface area (Å²) in [5.74, 6) is -0.168. The van der Waals surface area contributed by atoms with E-state index in [2.05, 4.69) is 31.1 Å². The molecule has 7 unspecified atom stereocenters. The quantitative estimate of drug-likeness (QED) is 0.353. The van der Waals surface area contributed by atoms with Crippen molar-refractivity contribution in [2.75, 3.05) is 45.8 Å². The van der Waals surface area contributed by atoms with Crippen molar-refractivity contribution < 1.29 is 4.79 Å². The Bertz CT molecular complexity index is 756. The van der Waals surface area contributed by atoms with Crippen molar-refractivity contribution in [3.63, 3.8) is 0 Å². The van der Waals surface area contributed by atoms with Gasteiger partial charge in [-0.05, 0) is 70.0 Å². The molecule has 6 aliphatic heterocycles. The molecule has 7 atom stereocenters. The topological polar surface area (TPSA) is 97.7 Å². The molecule has 1 spiro atoms. The van der Waals surface area contributed by atoms with Crippen LogP contribution >= 0.6 is 11.6 Å². The first-order valence-electron chi connectivity index (χ1n) is 14.4. The lowest BCUT2D eigenvalue weighted by atomic mass is 9.71. The SMILES string of the molecule is NC1NC2CC(Cl)CNC(CC23CCCC3)C1C(=O)NC1CNCCC1N1CCN2CCC1CC2. The number of nitrogens with two attached hydrogens (primary N) is 1. The predicted molar refractivity (Wildman–Crippen MR) is 139 cm³/mol. The van der Waals surface area contributed by atoms with E-state index in [0.717, 1.165) is 52.0 Å². The molecule has 6 saturated heterocycles. The lowest BCUT2D eigenvalue weighted by Gasteiger charge is -2.44. The second kappa shape index (κ2) is 10.4. The van der Waals surface area contributed by atoms with Gasteiger partial charge in [0, 0.05) is 55.7 Å². The van der Waals surface area contributed by atoms with E-state index in [1.807, 2.05) is 0 Å². The van der Waals surface area contributed by atoms with E-state index in [1.54, 1.807) is 0 Å². The van der Waals surface area contributed by atoms with Crippen LogP contribution < -0.4 is 27.0 Å². The van der Waals surface area contributed by atoms with Crippen molar-refractivity contribution in [2.24, 2.45) is 17.1 Å². The van der Waals surface area contributed by atoms with Gasteiger partial charge in [0.15, 0.2) is 0 Å². The summed E-state index contributed by atoms with van der Waals surface area (Å²) in [7, 11) is 0. The van der Waals surface area contributed by atoms with Crippen molar-refractivity contribution in [2.45, 2.75) is 99.5 Å². The molecule has 7 rings (SSSR count). The van der Waals surface area contributed by atoms with Gasteiger partial charge < -0.3 is 26.6 Å². The standard InChI is InChI=1S/C26H46ClN7O/c27-17-13-22-26(6-1-2-7-26)14-19(30-15-17)23(24(28)32-22)25(35)31-20-16-29-8-3-21(20)34-12-11-33-9-4-18(34)5-10-33/h17-24,29-30,32H,1-16,28H2,(H,31,35). The van der Waals surface area contributed by atoms with E-state index in [4.69, 9.17) is 17.3 Å². The number of nitrogens with one attached hydrogen (secondary N) is 4. The Hall–Kier alpha value is -0.480. The largest absolute Gasteiger partial charge is 0.350 e. The number of piperidine rings is 2. The van der Waals surface area contributed by atoms with Gasteiger partial charge in [0.1, 0.15) is 0 Å². The molecule has 1 aliphatic carbocycles. The smallest absolute Gasteiger partial charge is 0.227 e. The summed E-state index contributed by atoms with van der Waals surface area (Å²) >= 11 is 6.74. The fourth-order valence-electron chi connectivity index (χ4n) is 8.60. The number of carbonyl (C=O) groups excluding carboxylic acids is 1. The van der Waals surface area contributed by atoms with Gasteiger partial charge in [-0.25, -0.2) is 0 Å². The minimum Gasteiger partial charge on any atom is -0.350 e. The van der Waals surface area contributed by atoms with Crippen molar-refractivity contribution >= 4 is 17.5 Å². The van der Waals surface area contributed by atoms with E-state index in [1.165, 1.54) is 51.6 Å². The molecule has 1 amide bonds. The number of halogens is 1. The molecular formula is C26H46ClN7O. The highest BCUT2D eigenvalue weighted by atomic mass is 35.5. The second-order valence-corrected chi connectivity index (χ2v) is 13.0. The van der Waals surface area contributed by atoms with Gasteiger partial charge in [0.05, 0.1) is 18.1 Å². The summed E-state index contributed by atoms with van der Waals surface area (Å²) < 4.78 is 0. The normalized spacial score (nSPS) is 46.1. The third-order valence-electron chi connectivity index (χ3n) is 10.5. The van der Waals surface area contributed by atoms with Gasteiger partial charge in [-0.2, -0.15) is 0 Å². The molecular weight excluding hydrogens is 462 g/mol. The van der Waals surface area contributed by atoms with Crippen LogP contribution in [0, 0.1) is 11.3 Å². The van der Waals surface area contributed by atoms with Crippen LogP contribution in [0.3, 0.4) is 0 Å². The van der Waals surface area contributed by atoms with Crippen LogP contribution in [0.2, 0.25) is 0 Å². The van der Waals surface area contributed by atoms with E-state index < -0.39 is 0 Å². The molecule has 6 N–H and O–H groups in total. The number of carbonyl (C=O) groups is 1. The molecule has 8 nitrogen and oxygen atoms in total. The Morgan fingerprint density at radius 2 is 1.86 bits per heavy atom. The van der Waals surface area contributed by atoms with E-state index in [-0.39, 0.29) is 40.9 Å². The monoisotopic (exact) mass is 507 g/mol. The molecule has 0 aromatic carbocycles. The van der Waals surface area contributed by atoms with E-state index >= 15 is 0 Å². The van der Waals surface area contributed by atoms with Crippen LogP contribution in [0.15, 0.2) is 0 Å². The maximum absolute atomic E-state index is 14.0. The average Bonchev–Trinajstić information content (AvgIpc) is 3.10. The maximum Gasteiger partial charge on any atom is 0.227 e. The highest BCUT2D eigenvalue weighted by Gasteiger charge is 2.52. The van der Waals surface area contributed by atoms with Crippen molar-refractivity contribution in [1.82, 2.24) is 31.1 Å². The molecule has 7 fully saturated rings. The molecule has 9 heteroatoms. The van der Waals surface area contributed by atoms with E-state index in [0.29, 0.717) is 18.1 Å². The lowest BCUT2D eigenvalue weighted by molar-refractivity contribution is -0.128. The Balaban J connectivity index is 1.21. The fourth-order valence-corrected chi connectivity index (χ4v) is 8.87. The van der Waals surface area contributed by atoms with Gasteiger partial charge in [-0.15, -0.1) is 11.6 Å². The maximum atomic E-state index is 14.0. The number of alkyl halides is 1. The van der Waals surface area contributed by atoms with Gasteiger partial charge in [0.25, 0.3) is 0 Å². The van der Waals surface area contributed by atoms with Crippen LogP contribution in [0.25, 0.3) is 0 Å². The lowest BCUT2D eigenvalue weighted by Crippen LogP contribution is -2.64. The zero-order chi connectivity index (χ0) is 24.0.